The number of aryl methyl sites for hydroxylation is 3. The van der Waals surface area contributed by atoms with Crippen molar-refractivity contribution < 1.29 is 9.53 Å². The number of carbonyl (C=O) groups excluding carboxylic acids is 1. The average molecular weight is 429 g/mol. The summed E-state index contributed by atoms with van der Waals surface area (Å²) in [5.41, 5.74) is 4.32. The summed E-state index contributed by atoms with van der Waals surface area (Å²) >= 11 is 0. The number of hydrogen-bond acceptors (Lipinski definition) is 4. The van der Waals surface area contributed by atoms with Crippen molar-refractivity contribution in [2.75, 3.05) is 7.11 Å². The van der Waals surface area contributed by atoms with E-state index in [0.717, 1.165) is 60.3 Å². The third kappa shape index (κ3) is 4.42. The first-order valence-corrected chi connectivity index (χ1v) is 11.2. The third-order valence-electron chi connectivity index (χ3n) is 5.82. The Kier molecular flexibility index (Phi) is 6.64. The predicted molar refractivity (Wildman–Crippen MR) is 128 cm³/mol. The first-order valence-electron chi connectivity index (χ1n) is 11.2. The first kappa shape index (κ1) is 21.8. The van der Waals surface area contributed by atoms with E-state index in [0.29, 0.717) is 17.4 Å². The summed E-state index contributed by atoms with van der Waals surface area (Å²) in [6.45, 7) is 2.10. The number of benzene rings is 2. The van der Waals surface area contributed by atoms with Gasteiger partial charge in [0.2, 0.25) is 0 Å². The Hall–Kier alpha value is -3.47. The minimum atomic E-state index is -0.342. The summed E-state index contributed by atoms with van der Waals surface area (Å²) in [5, 5.41) is 0.693. The highest BCUT2D eigenvalue weighted by Crippen LogP contribution is 2.21. The number of methoxy groups -OCH3 is 1. The van der Waals surface area contributed by atoms with Crippen LogP contribution in [-0.4, -0.2) is 22.6 Å². The van der Waals surface area contributed by atoms with Crippen molar-refractivity contribution in [1.82, 2.24) is 9.55 Å². The lowest BCUT2D eigenvalue weighted by Crippen LogP contribution is -2.25. The number of aromatic nitrogens is 2. The summed E-state index contributed by atoms with van der Waals surface area (Å²) in [5.74, 6) is 0.476. The first-order chi connectivity index (χ1) is 15.6. The van der Waals surface area contributed by atoms with Gasteiger partial charge >= 0.3 is 5.97 Å². The Morgan fingerprint density at radius 1 is 1.06 bits per heavy atom. The lowest BCUT2D eigenvalue weighted by molar-refractivity contribution is 0.0600. The predicted octanol–water partition coefficient (Wildman–Crippen LogP) is 5.11. The summed E-state index contributed by atoms with van der Waals surface area (Å²) in [6.07, 6.45) is 11.4. The fraction of sp³-hybridized carbons (Fsp3) is 0.296. The lowest BCUT2D eigenvalue weighted by Gasteiger charge is -2.17. The van der Waals surface area contributed by atoms with Crippen LogP contribution in [0.2, 0.25) is 0 Å². The Labute approximate surface area is 188 Å². The molecule has 0 radical (unpaired) electrons. The normalized spacial score (nSPS) is 13.2. The SMILES string of the molecule is CCCc1nc2cccc(CCc3ccc(C(=O)OC)cc3)c2c(=O)n1C1=CCCC=C1. The van der Waals surface area contributed by atoms with Gasteiger partial charge in [0.15, 0.2) is 0 Å². The van der Waals surface area contributed by atoms with Crippen LogP contribution in [0.1, 0.15) is 53.5 Å². The van der Waals surface area contributed by atoms with Crippen molar-refractivity contribution >= 4 is 22.6 Å². The number of esters is 1. The summed E-state index contributed by atoms with van der Waals surface area (Å²) < 4.78 is 6.56. The van der Waals surface area contributed by atoms with E-state index in [-0.39, 0.29) is 11.5 Å². The summed E-state index contributed by atoms with van der Waals surface area (Å²) in [4.78, 5) is 30.2. The standard InChI is InChI=1S/C27H28N2O3/c1-3-8-24-28-23-12-7-9-20(16-13-19-14-17-21(18-15-19)27(31)32-2)25(23)26(30)29(24)22-10-5-4-6-11-22/h5,7,9-12,14-15,17-18H,3-4,6,8,13,16H2,1-2H3. The van der Waals surface area contributed by atoms with Crippen LogP contribution in [0, 0.1) is 0 Å². The van der Waals surface area contributed by atoms with Crippen molar-refractivity contribution in [3.05, 3.63) is 93.6 Å². The molecule has 0 aliphatic heterocycles. The van der Waals surface area contributed by atoms with Gasteiger partial charge in [-0.25, -0.2) is 9.78 Å². The molecule has 0 spiro atoms. The van der Waals surface area contributed by atoms with Crippen LogP contribution in [0.5, 0.6) is 0 Å². The van der Waals surface area contributed by atoms with Gasteiger partial charge < -0.3 is 4.74 Å². The van der Waals surface area contributed by atoms with Crippen molar-refractivity contribution in [2.45, 2.75) is 45.4 Å². The molecule has 0 saturated heterocycles. The highest BCUT2D eigenvalue weighted by molar-refractivity contribution is 5.89. The van der Waals surface area contributed by atoms with Crippen LogP contribution >= 0.6 is 0 Å². The number of allylic oxidation sites excluding steroid dienone is 4. The van der Waals surface area contributed by atoms with Crippen molar-refractivity contribution in [2.24, 2.45) is 0 Å². The van der Waals surface area contributed by atoms with E-state index in [9.17, 15) is 9.59 Å². The fourth-order valence-corrected chi connectivity index (χ4v) is 4.18. The molecule has 1 heterocycles. The minimum absolute atomic E-state index is 0.00730. The topological polar surface area (TPSA) is 61.2 Å². The Morgan fingerprint density at radius 3 is 2.56 bits per heavy atom. The number of fused-ring (bicyclic) bond motifs is 1. The number of rotatable bonds is 7. The molecule has 2 aromatic carbocycles. The van der Waals surface area contributed by atoms with Crippen molar-refractivity contribution in [1.29, 1.82) is 0 Å². The molecule has 1 aliphatic carbocycles. The summed E-state index contributed by atoms with van der Waals surface area (Å²) in [6, 6.07) is 13.3. The van der Waals surface area contributed by atoms with Gasteiger partial charge in [0.25, 0.3) is 5.56 Å². The number of carbonyl (C=O) groups is 1. The van der Waals surface area contributed by atoms with Gasteiger partial charge in [0.1, 0.15) is 5.82 Å². The van der Waals surface area contributed by atoms with E-state index in [1.165, 1.54) is 7.11 Å². The highest BCUT2D eigenvalue weighted by Gasteiger charge is 2.16. The Morgan fingerprint density at radius 2 is 1.88 bits per heavy atom. The highest BCUT2D eigenvalue weighted by atomic mass is 16.5. The van der Waals surface area contributed by atoms with Gasteiger partial charge in [0, 0.05) is 12.1 Å². The van der Waals surface area contributed by atoms with Crippen LogP contribution in [0.15, 0.2) is 65.5 Å². The van der Waals surface area contributed by atoms with Gasteiger partial charge in [0.05, 0.1) is 23.6 Å². The maximum atomic E-state index is 13.7. The zero-order valence-corrected chi connectivity index (χ0v) is 18.6. The molecule has 0 fully saturated rings. The van der Waals surface area contributed by atoms with Gasteiger partial charge in [-0.05, 0) is 67.5 Å². The lowest BCUT2D eigenvalue weighted by atomic mass is 10.00. The summed E-state index contributed by atoms with van der Waals surface area (Å²) in [7, 11) is 1.38. The maximum Gasteiger partial charge on any atom is 0.337 e. The molecule has 0 saturated carbocycles. The van der Waals surface area contributed by atoms with Crippen LogP contribution in [0.25, 0.3) is 16.6 Å². The van der Waals surface area contributed by atoms with Crippen molar-refractivity contribution in [3.8, 4) is 0 Å². The van der Waals surface area contributed by atoms with E-state index < -0.39 is 0 Å². The third-order valence-corrected chi connectivity index (χ3v) is 5.82. The Balaban J connectivity index is 1.71. The molecule has 1 aromatic heterocycles. The number of hydrogen-bond donors (Lipinski definition) is 0. The minimum Gasteiger partial charge on any atom is -0.465 e. The maximum absolute atomic E-state index is 13.7. The molecular formula is C27H28N2O3. The largest absolute Gasteiger partial charge is 0.465 e. The average Bonchev–Trinajstić information content (AvgIpc) is 2.83. The Bertz CT molecular complexity index is 1250. The molecule has 0 bridgehead atoms. The monoisotopic (exact) mass is 428 g/mol. The van der Waals surface area contributed by atoms with Crippen LogP contribution < -0.4 is 5.56 Å². The zero-order chi connectivity index (χ0) is 22.5. The second-order valence-corrected chi connectivity index (χ2v) is 8.03. The van der Waals surface area contributed by atoms with Gasteiger partial charge in [-0.1, -0.05) is 43.3 Å². The van der Waals surface area contributed by atoms with Gasteiger partial charge in [-0.2, -0.15) is 0 Å². The van der Waals surface area contributed by atoms with Crippen LogP contribution in [0.4, 0.5) is 0 Å². The van der Waals surface area contributed by atoms with Crippen molar-refractivity contribution in [3.63, 3.8) is 0 Å². The van der Waals surface area contributed by atoms with Crippen LogP contribution in [-0.2, 0) is 24.0 Å². The fourth-order valence-electron chi connectivity index (χ4n) is 4.18. The molecule has 164 valence electrons. The molecule has 3 aromatic rings. The van der Waals surface area contributed by atoms with Gasteiger partial charge in [-0.3, -0.25) is 9.36 Å². The van der Waals surface area contributed by atoms with Crippen LogP contribution in [0.3, 0.4) is 0 Å². The second kappa shape index (κ2) is 9.77. The van der Waals surface area contributed by atoms with E-state index in [2.05, 4.69) is 19.1 Å². The molecule has 1 aliphatic rings. The zero-order valence-electron chi connectivity index (χ0n) is 18.6. The number of nitrogens with zero attached hydrogens (tertiary/aromatic N) is 2. The second-order valence-electron chi connectivity index (χ2n) is 8.03. The van der Waals surface area contributed by atoms with E-state index in [1.54, 1.807) is 16.7 Å². The van der Waals surface area contributed by atoms with E-state index in [1.807, 2.05) is 36.4 Å². The molecule has 5 heteroatoms. The smallest absolute Gasteiger partial charge is 0.337 e. The molecule has 5 nitrogen and oxygen atoms in total. The van der Waals surface area contributed by atoms with E-state index in [4.69, 9.17) is 9.72 Å². The molecule has 0 amide bonds. The quantitative estimate of drug-likeness (QED) is 0.491. The number of ether oxygens (including phenoxy) is 1. The van der Waals surface area contributed by atoms with Gasteiger partial charge in [-0.15, -0.1) is 0 Å². The molecule has 0 atom stereocenters. The molecule has 4 rings (SSSR count). The molecule has 32 heavy (non-hydrogen) atoms. The molecular weight excluding hydrogens is 400 g/mol. The van der Waals surface area contributed by atoms with E-state index >= 15 is 0 Å². The molecule has 0 N–H and O–H groups in total. The molecule has 0 unspecified atom stereocenters.